The molecule has 1 rings (SSSR count). The molecule has 0 atom stereocenters. The quantitative estimate of drug-likeness (QED) is 0.470. The van der Waals surface area contributed by atoms with Crippen molar-refractivity contribution in [3.63, 3.8) is 0 Å². The van der Waals surface area contributed by atoms with Crippen LogP contribution in [0.1, 0.15) is 5.56 Å². The molecule has 0 fully saturated rings. The summed E-state index contributed by atoms with van der Waals surface area (Å²) in [6.07, 6.45) is 5.14. The second-order valence-electron chi connectivity index (χ2n) is 1.18. The van der Waals surface area contributed by atoms with Gasteiger partial charge in [0.05, 0.1) is 5.56 Å². The Morgan fingerprint density at radius 1 is 1.50 bits per heavy atom. The number of rotatable bonds is 0. The summed E-state index contributed by atoms with van der Waals surface area (Å²) in [5.74, 6) is 0. The average molecular weight is 104 g/mol. The van der Waals surface area contributed by atoms with Crippen LogP contribution < -0.4 is 0 Å². The van der Waals surface area contributed by atoms with Crippen LogP contribution in [0.3, 0.4) is 0 Å². The van der Waals surface area contributed by atoms with Crippen LogP contribution in [0.4, 0.5) is 0 Å². The Morgan fingerprint density at radius 2 is 2.12 bits per heavy atom. The average Bonchev–Trinajstić information content (AvgIpc) is 1.90. The second kappa shape index (κ2) is 2.03. The van der Waals surface area contributed by atoms with E-state index in [0.29, 0.717) is 5.56 Å². The molecule has 0 aromatic carbocycles. The number of aromatic nitrogens is 2. The zero-order valence-corrected chi connectivity index (χ0v) is 4.00. The third-order valence-electron chi connectivity index (χ3n) is 0.652. The van der Waals surface area contributed by atoms with Gasteiger partial charge in [0.15, 0.2) is 6.33 Å². The van der Waals surface area contributed by atoms with E-state index in [9.17, 15) is 0 Å². The first-order valence-electron chi connectivity index (χ1n) is 2.01. The van der Waals surface area contributed by atoms with E-state index in [4.69, 9.17) is 5.26 Å². The van der Waals surface area contributed by atoms with Crippen molar-refractivity contribution in [3.8, 4) is 6.07 Å². The van der Waals surface area contributed by atoms with E-state index < -0.39 is 0 Å². The van der Waals surface area contributed by atoms with E-state index in [2.05, 4.69) is 16.3 Å². The number of hydrogen-bond donors (Lipinski definition) is 0. The van der Waals surface area contributed by atoms with Gasteiger partial charge >= 0.3 is 0 Å². The molecule has 3 nitrogen and oxygen atoms in total. The van der Waals surface area contributed by atoms with E-state index in [1.54, 1.807) is 0 Å². The van der Waals surface area contributed by atoms with E-state index in [1.807, 2.05) is 6.07 Å². The largest absolute Gasteiger partial charge is 0.232 e. The van der Waals surface area contributed by atoms with Gasteiger partial charge in [-0.1, -0.05) is 0 Å². The predicted octanol–water partition coefficient (Wildman–Crippen LogP) is 0.148. The lowest BCUT2D eigenvalue weighted by molar-refractivity contribution is 1.13. The summed E-state index contributed by atoms with van der Waals surface area (Å²) in [5, 5.41) is 8.19. The van der Waals surface area contributed by atoms with Gasteiger partial charge in [-0.3, -0.25) is 0 Å². The first kappa shape index (κ1) is 4.72. The molecule has 0 aliphatic rings. The van der Waals surface area contributed by atoms with Crippen LogP contribution >= 0.6 is 0 Å². The minimum atomic E-state index is 0.462. The van der Waals surface area contributed by atoms with E-state index >= 15 is 0 Å². The summed E-state index contributed by atoms with van der Waals surface area (Å²) in [4.78, 5) is 6.99. The molecule has 0 N–H and O–H groups in total. The van der Waals surface area contributed by atoms with Gasteiger partial charge < -0.3 is 0 Å². The Morgan fingerprint density at radius 3 is 2.50 bits per heavy atom. The van der Waals surface area contributed by atoms with Gasteiger partial charge in [-0.15, -0.1) is 0 Å². The van der Waals surface area contributed by atoms with Crippen LogP contribution in [0.2, 0.25) is 0 Å². The van der Waals surface area contributed by atoms with Gasteiger partial charge in [0.2, 0.25) is 0 Å². The maximum absolute atomic E-state index is 8.19. The van der Waals surface area contributed by atoms with Crippen molar-refractivity contribution in [2.24, 2.45) is 0 Å². The molecule has 1 radical (unpaired) electrons. The highest BCUT2D eigenvalue weighted by molar-refractivity contribution is 5.20. The Bertz CT molecular complexity index is 199. The molecule has 37 valence electrons. The van der Waals surface area contributed by atoms with Crippen molar-refractivity contribution in [2.75, 3.05) is 0 Å². The van der Waals surface area contributed by atoms with Gasteiger partial charge in [-0.05, 0) is 0 Å². The highest BCUT2D eigenvalue weighted by Crippen LogP contribution is 1.85. The van der Waals surface area contributed by atoms with E-state index in [0.717, 1.165) is 0 Å². The molecule has 8 heavy (non-hydrogen) atoms. The molecule has 1 aromatic heterocycles. The molecular weight excluding hydrogens is 102 g/mol. The van der Waals surface area contributed by atoms with Gasteiger partial charge in [-0.25, -0.2) is 9.97 Å². The van der Waals surface area contributed by atoms with Gasteiger partial charge in [0, 0.05) is 12.4 Å². The molecule has 0 bridgehead atoms. The zero-order valence-electron chi connectivity index (χ0n) is 4.00. The number of nitrogens with zero attached hydrogens (tertiary/aromatic N) is 3. The molecule has 1 aromatic rings. The molecule has 0 unspecified atom stereocenters. The fourth-order valence-corrected chi connectivity index (χ4v) is 0.321. The summed E-state index contributed by atoms with van der Waals surface area (Å²) in [6.45, 7) is 0. The lowest BCUT2D eigenvalue weighted by Gasteiger charge is -1.77. The minimum absolute atomic E-state index is 0.462. The van der Waals surface area contributed by atoms with Crippen molar-refractivity contribution in [2.45, 2.75) is 0 Å². The Kier molecular flexibility index (Phi) is 1.20. The summed E-state index contributed by atoms with van der Waals surface area (Å²) in [6, 6.07) is 1.88. The van der Waals surface area contributed by atoms with Crippen molar-refractivity contribution in [3.05, 3.63) is 24.3 Å². The summed E-state index contributed by atoms with van der Waals surface area (Å²) < 4.78 is 0. The molecule has 0 aliphatic heterocycles. The van der Waals surface area contributed by atoms with Crippen molar-refractivity contribution >= 4 is 0 Å². The molecule has 0 amide bonds. The highest BCUT2D eigenvalue weighted by Gasteiger charge is 1.82. The third-order valence-corrected chi connectivity index (χ3v) is 0.652. The summed E-state index contributed by atoms with van der Waals surface area (Å²) in [7, 11) is 0. The van der Waals surface area contributed by atoms with Crippen LogP contribution in [0, 0.1) is 17.7 Å². The molecular formula is C5H2N3. The van der Waals surface area contributed by atoms with Gasteiger partial charge in [0.1, 0.15) is 6.07 Å². The standard InChI is InChI=1S/C5H2N3/c6-1-5-2-7-4-8-3-5/h2-3H. The molecule has 3 heteroatoms. The van der Waals surface area contributed by atoms with Crippen molar-refractivity contribution < 1.29 is 0 Å². The number of hydrogen-bond acceptors (Lipinski definition) is 3. The maximum Gasteiger partial charge on any atom is 0.197 e. The van der Waals surface area contributed by atoms with Crippen LogP contribution in [0.5, 0.6) is 0 Å². The van der Waals surface area contributed by atoms with Crippen molar-refractivity contribution in [1.29, 1.82) is 5.26 Å². The topological polar surface area (TPSA) is 49.6 Å². The zero-order chi connectivity index (χ0) is 5.82. The fraction of sp³-hybridized carbons (Fsp3) is 0. The Labute approximate surface area is 46.6 Å². The summed E-state index contributed by atoms with van der Waals surface area (Å²) in [5.41, 5.74) is 0.462. The first-order valence-corrected chi connectivity index (χ1v) is 2.01. The normalized spacial score (nSPS) is 7.88. The molecule has 1 heterocycles. The highest BCUT2D eigenvalue weighted by atomic mass is 14.8. The third kappa shape index (κ3) is 0.793. The lowest BCUT2D eigenvalue weighted by Crippen LogP contribution is -1.78. The maximum atomic E-state index is 8.19. The second-order valence-corrected chi connectivity index (χ2v) is 1.18. The van der Waals surface area contributed by atoms with Gasteiger partial charge in [0.25, 0.3) is 0 Å². The van der Waals surface area contributed by atoms with E-state index in [-0.39, 0.29) is 0 Å². The fourth-order valence-electron chi connectivity index (χ4n) is 0.321. The Balaban J connectivity index is 3.05. The SMILES string of the molecule is N#Cc1cn[c]nc1. The summed E-state index contributed by atoms with van der Waals surface area (Å²) >= 11 is 0. The van der Waals surface area contributed by atoms with Crippen molar-refractivity contribution in [1.82, 2.24) is 9.97 Å². The monoisotopic (exact) mass is 104 g/mol. The van der Waals surface area contributed by atoms with Crippen LogP contribution in [0.15, 0.2) is 12.4 Å². The van der Waals surface area contributed by atoms with E-state index in [1.165, 1.54) is 12.4 Å². The van der Waals surface area contributed by atoms with Gasteiger partial charge in [-0.2, -0.15) is 5.26 Å². The van der Waals surface area contributed by atoms with Crippen LogP contribution in [-0.2, 0) is 0 Å². The molecule has 0 saturated heterocycles. The Hall–Kier alpha value is -1.43. The first-order chi connectivity index (χ1) is 3.93. The smallest absolute Gasteiger partial charge is 0.197 e. The number of nitriles is 1. The molecule has 0 aliphatic carbocycles. The minimum Gasteiger partial charge on any atom is -0.232 e. The molecule has 0 saturated carbocycles. The molecule has 0 spiro atoms. The van der Waals surface area contributed by atoms with Crippen LogP contribution in [0.25, 0.3) is 0 Å². The predicted molar refractivity (Wildman–Crippen MR) is 25.6 cm³/mol. The lowest BCUT2D eigenvalue weighted by atomic mass is 10.4. The van der Waals surface area contributed by atoms with Crippen LogP contribution in [-0.4, -0.2) is 9.97 Å².